The van der Waals surface area contributed by atoms with Gasteiger partial charge in [0.25, 0.3) is 0 Å². The Hall–Kier alpha value is -3.22. The second kappa shape index (κ2) is 8.86. The van der Waals surface area contributed by atoms with E-state index in [1.165, 1.54) is 12.1 Å². The van der Waals surface area contributed by atoms with Gasteiger partial charge < -0.3 is 15.0 Å². The third-order valence-corrected chi connectivity index (χ3v) is 4.41. The van der Waals surface area contributed by atoms with Gasteiger partial charge in [0.1, 0.15) is 5.75 Å². The number of anilines is 1. The van der Waals surface area contributed by atoms with E-state index in [0.717, 1.165) is 29.8 Å². The van der Waals surface area contributed by atoms with Crippen LogP contribution < -0.4 is 15.8 Å². The van der Waals surface area contributed by atoms with Crippen molar-refractivity contribution in [2.45, 2.75) is 32.7 Å². The number of halogens is 3. The summed E-state index contributed by atoms with van der Waals surface area (Å²) in [6.07, 6.45) is 0.549. The summed E-state index contributed by atoms with van der Waals surface area (Å²) in [6.45, 7) is 2.87. The number of benzene rings is 2. The summed E-state index contributed by atoms with van der Waals surface area (Å²) >= 11 is 0. The maximum atomic E-state index is 12.2. The average Bonchev–Trinajstić information content (AvgIpc) is 2.68. The molecule has 0 aliphatic heterocycles. The molecule has 1 heterocycles. The molecule has 2 aromatic carbocycles. The molecule has 2 N–H and O–H groups in total. The van der Waals surface area contributed by atoms with E-state index in [1.54, 1.807) is 12.1 Å². The van der Waals surface area contributed by atoms with Crippen molar-refractivity contribution >= 4 is 11.4 Å². The summed E-state index contributed by atoms with van der Waals surface area (Å²) < 4.78 is 42.6. The smallest absolute Gasteiger partial charge is 0.406 e. The number of rotatable bonds is 6. The Morgan fingerprint density at radius 2 is 1.72 bits per heavy atom. The first-order chi connectivity index (χ1) is 13.8. The van der Waals surface area contributed by atoms with Crippen LogP contribution in [-0.2, 0) is 19.4 Å². The maximum absolute atomic E-state index is 12.2. The first-order valence-electron chi connectivity index (χ1n) is 9.26. The molecule has 4 nitrogen and oxygen atoms in total. The zero-order valence-electron chi connectivity index (χ0n) is 16.0. The number of nitrogens with zero attached hydrogens (tertiary/aromatic N) is 2. The van der Waals surface area contributed by atoms with Gasteiger partial charge in [-0.25, -0.2) is 4.99 Å². The van der Waals surface area contributed by atoms with Gasteiger partial charge in [0, 0.05) is 18.9 Å². The lowest BCUT2D eigenvalue weighted by atomic mass is 10.0. The minimum Gasteiger partial charge on any atom is -0.406 e. The zero-order valence-corrected chi connectivity index (χ0v) is 16.0. The fraction of sp³-hybridized carbons (Fsp3) is 0.227. The molecule has 0 atom stereocenters. The standard InChI is InChI=1S/C22H22F3N3O/c1-2-28-13-12-21(20(26)15-28)27-18-5-3-4-17(14-18)7-6-16-8-10-19(11-9-16)29-22(23,24)25/h3-5,8-15H,2,6-7,26H2,1H3. The Balaban J connectivity index is 1.68. The van der Waals surface area contributed by atoms with Gasteiger partial charge >= 0.3 is 6.36 Å². The molecular weight excluding hydrogens is 379 g/mol. The molecule has 7 heteroatoms. The zero-order chi connectivity index (χ0) is 20.9. The number of nitrogen functional groups attached to an aromatic ring is 1. The second-order valence-corrected chi connectivity index (χ2v) is 6.59. The van der Waals surface area contributed by atoms with Crippen LogP contribution in [0.1, 0.15) is 18.1 Å². The van der Waals surface area contributed by atoms with Gasteiger partial charge in [0.2, 0.25) is 0 Å². The number of nitrogens with two attached hydrogens (primary N) is 1. The minimum atomic E-state index is -4.68. The molecule has 29 heavy (non-hydrogen) atoms. The number of aromatic nitrogens is 1. The van der Waals surface area contributed by atoms with E-state index >= 15 is 0 Å². The average molecular weight is 401 g/mol. The van der Waals surface area contributed by atoms with E-state index in [-0.39, 0.29) is 5.75 Å². The predicted octanol–water partition coefficient (Wildman–Crippen LogP) is 5.01. The van der Waals surface area contributed by atoms with Crippen LogP contribution in [0.15, 0.2) is 72.0 Å². The third-order valence-electron chi connectivity index (χ3n) is 4.41. The molecule has 0 radical (unpaired) electrons. The molecule has 1 aromatic heterocycles. The van der Waals surface area contributed by atoms with Crippen LogP contribution >= 0.6 is 0 Å². The van der Waals surface area contributed by atoms with E-state index in [0.29, 0.717) is 17.5 Å². The fourth-order valence-electron chi connectivity index (χ4n) is 2.92. The molecule has 0 aliphatic rings. The van der Waals surface area contributed by atoms with Gasteiger partial charge in [-0.05, 0) is 61.2 Å². The van der Waals surface area contributed by atoms with Crippen LogP contribution in [0.5, 0.6) is 5.75 Å². The van der Waals surface area contributed by atoms with E-state index < -0.39 is 6.36 Å². The van der Waals surface area contributed by atoms with E-state index in [2.05, 4.69) is 9.73 Å². The summed E-state index contributed by atoms with van der Waals surface area (Å²) in [5, 5.41) is 0.715. The van der Waals surface area contributed by atoms with Crippen LogP contribution in [0, 0.1) is 0 Å². The largest absolute Gasteiger partial charge is 0.573 e. The molecular formula is C22H22F3N3O. The van der Waals surface area contributed by atoms with Gasteiger partial charge in [-0.1, -0.05) is 24.3 Å². The Kier molecular flexibility index (Phi) is 6.26. The second-order valence-electron chi connectivity index (χ2n) is 6.59. The number of hydrogen-bond donors (Lipinski definition) is 1. The topological polar surface area (TPSA) is 52.5 Å². The van der Waals surface area contributed by atoms with Gasteiger partial charge in [0.05, 0.1) is 16.7 Å². The molecule has 0 aliphatic carbocycles. The highest BCUT2D eigenvalue weighted by Gasteiger charge is 2.30. The number of hydrogen-bond acceptors (Lipinski definition) is 3. The highest BCUT2D eigenvalue weighted by Crippen LogP contribution is 2.23. The highest BCUT2D eigenvalue weighted by atomic mass is 19.4. The van der Waals surface area contributed by atoms with Gasteiger partial charge in [0.15, 0.2) is 0 Å². The molecule has 0 saturated heterocycles. The van der Waals surface area contributed by atoms with Crippen LogP contribution in [0.2, 0.25) is 0 Å². The van der Waals surface area contributed by atoms with Crippen molar-refractivity contribution in [2.24, 2.45) is 4.99 Å². The quantitative estimate of drug-likeness (QED) is 0.632. The number of ether oxygens (including phenoxy) is 1. The van der Waals surface area contributed by atoms with Crippen LogP contribution in [-0.4, -0.2) is 10.9 Å². The molecule has 3 rings (SSSR count). The monoisotopic (exact) mass is 401 g/mol. The SMILES string of the molecule is CCn1ccc(=Nc2cccc(CCc3ccc(OC(F)(F)F)cc3)c2)c(N)c1. The first kappa shape index (κ1) is 20.5. The summed E-state index contributed by atoms with van der Waals surface area (Å²) in [5.74, 6) is -0.216. The molecule has 3 aromatic rings. The minimum absolute atomic E-state index is 0.216. The Morgan fingerprint density at radius 3 is 2.38 bits per heavy atom. The molecule has 0 bridgehead atoms. The normalized spacial score (nSPS) is 12.2. The summed E-state index contributed by atoms with van der Waals surface area (Å²) in [5.41, 5.74) is 9.50. The predicted molar refractivity (Wildman–Crippen MR) is 107 cm³/mol. The molecule has 0 spiro atoms. The molecule has 0 saturated carbocycles. The lowest BCUT2D eigenvalue weighted by Gasteiger charge is -2.09. The first-order valence-corrected chi connectivity index (χ1v) is 9.26. The molecule has 0 fully saturated rings. The van der Waals surface area contributed by atoms with E-state index in [9.17, 15) is 13.2 Å². The maximum Gasteiger partial charge on any atom is 0.573 e. The fourth-order valence-corrected chi connectivity index (χ4v) is 2.92. The number of pyridine rings is 1. The highest BCUT2D eigenvalue weighted by molar-refractivity contribution is 5.43. The number of alkyl halides is 3. The van der Waals surface area contributed by atoms with Gasteiger partial charge in [-0.3, -0.25) is 0 Å². The lowest BCUT2D eigenvalue weighted by molar-refractivity contribution is -0.274. The van der Waals surface area contributed by atoms with E-state index in [4.69, 9.17) is 5.73 Å². The van der Waals surface area contributed by atoms with Crippen molar-refractivity contribution in [1.29, 1.82) is 0 Å². The Morgan fingerprint density at radius 1 is 1.00 bits per heavy atom. The van der Waals surface area contributed by atoms with Gasteiger partial charge in [-0.2, -0.15) is 0 Å². The van der Waals surface area contributed by atoms with Crippen molar-refractivity contribution in [3.05, 3.63) is 83.5 Å². The Labute approximate surface area is 167 Å². The lowest BCUT2D eigenvalue weighted by Crippen LogP contribution is -2.17. The van der Waals surface area contributed by atoms with Crippen molar-refractivity contribution in [3.63, 3.8) is 0 Å². The number of aryl methyl sites for hydroxylation is 3. The summed E-state index contributed by atoms with van der Waals surface area (Å²) in [6, 6.07) is 15.7. The molecule has 152 valence electrons. The summed E-state index contributed by atoms with van der Waals surface area (Å²) in [7, 11) is 0. The molecule has 0 amide bonds. The summed E-state index contributed by atoms with van der Waals surface area (Å²) in [4.78, 5) is 4.62. The van der Waals surface area contributed by atoms with Crippen LogP contribution in [0.3, 0.4) is 0 Å². The Bertz CT molecular complexity index is 1020. The van der Waals surface area contributed by atoms with Crippen LogP contribution in [0.4, 0.5) is 24.5 Å². The van der Waals surface area contributed by atoms with Crippen molar-refractivity contribution < 1.29 is 17.9 Å². The third kappa shape index (κ3) is 6.14. The van der Waals surface area contributed by atoms with Gasteiger partial charge in [-0.15, -0.1) is 13.2 Å². The van der Waals surface area contributed by atoms with Crippen molar-refractivity contribution in [3.8, 4) is 5.75 Å². The van der Waals surface area contributed by atoms with Crippen molar-refractivity contribution in [1.82, 2.24) is 4.57 Å². The van der Waals surface area contributed by atoms with Crippen LogP contribution in [0.25, 0.3) is 0 Å². The van der Waals surface area contributed by atoms with Crippen molar-refractivity contribution in [2.75, 3.05) is 5.73 Å². The van der Waals surface area contributed by atoms with E-state index in [1.807, 2.05) is 54.2 Å². The molecule has 0 unspecified atom stereocenters.